The maximum absolute atomic E-state index is 12.9. The minimum absolute atomic E-state index is 0.221. The van der Waals surface area contributed by atoms with Gasteiger partial charge in [0.15, 0.2) is 0 Å². The summed E-state index contributed by atoms with van der Waals surface area (Å²) in [6, 6.07) is 7.97. The number of unbranched alkanes of at least 4 members (excludes halogenated alkanes) is 2. The highest BCUT2D eigenvalue weighted by atomic mass is 32.2. The predicted molar refractivity (Wildman–Crippen MR) is 135 cm³/mol. The van der Waals surface area contributed by atoms with Gasteiger partial charge in [0, 0.05) is 19.2 Å². The van der Waals surface area contributed by atoms with E-state index in [1.54, 1.807) is 7.05 Å². The third kappa shape index (κ3) is 5.03. The number of nitrogens with one attached hydrogen (secondary N) is 1. The Morgan fingerprint density at radius 3 is 2.56 bits per heavy atom. The number of amides is 1. The smallest absolute Gasteiger partial charge is 0.255 e. The Morgan fingerprint density at radius 1 is 1.18 bits per heavy atom. The lowest BCUT2D eigenvalue weighted by atomic mass is 9.99. The van der Waals surface area contributed by atoms with Crippen molar-refractivity contribution in [1.82, 2.24) is 14.6 Å². The number of aromatic nitrogens is 1. The number of carbonyl (C=O) groups excluding carboxylic acids is 1. The van der Waals surface area contributed by atoms with E-state index in [0.29, 0.717) is 34.9 Å². The molecule has 0 bridgehead atoms. The van der Waals surface area contributed by atoms with Gasteiger partial charge in [0.05, 0.1) is 23.2 Å². The van der Waals surface area contributed by atoms with Crippen LogP contribution in [0.15, 0.2) is 28.7 Å². The van der Waals surface area contributed by atoms with Crippen LogP contribution in [0.4, 0.5) is 0 Å². The Balaban J connectivity index is 1.83. The van der Waals surface area contributed by atoms with Crippen LogP contribution in [0.1, 0.15) is 77.7 Å². The SMILES string of the molecule is CCCCCN(Cc1nc2oc(-c3ccc(C)c(C)c3)c(C(=O)NC)c2cc1C1CC1)[SH](=O)=O. The number of aryl methyl sites for hydroxylation is 2. The molecule has 3 aromatic rings. The highest BCUT2D eigenvalue weighted by Gasteiger charge is 2.31. The minimum Gasteiger partial charge on any atom is -0.437 e. The van der Waals surface area contributed by atoms with E-state index < -0.39 is 10.9 Å². The average molecular weight is 484 g/mol. The molecule has 2 heterocycles. The molecule has 0 spiro atoms. The lowest BCUT2D eigenvalue weighted by Gasteiger charge is -2.17. The molecule has 0 unspecified atom stereocenters. The molecular weight excluding hydrogens is 450 g/mol. The van der Waals surface area contributed by atoms with Crippen LogP contribution >= 0.6 is 0 Å². The first-order valence-corrected chi connectivity index (χ1v) is 13.1. The highest BCUT2D eigenvalue weighted by Crippen LogP contribution is 2.44. The molecule has 34 heavy (non-hydrogen) atoms. The first-order valence-electron chi connectivity index (χ1n) is 12.0. The van der Waals surface area contributed by atoms with Crippen LogP contribution in [0.25, 0.3) is 22.4 Å². The van der Waals surface area contributed by atoms with Crippen LogP contribution in [0.5, 0.6) is 0 Å². The van der Waals surface area contributed by atoms with E-state index in [9.17, 15) is 13.2 Å². The largest absolute Gasteiger partial charge is 0.437 e. The van der Waals surface area contributed by atoms with Crippen LogP contribution in [0.3, 0.4) is 0 Å². The molecule has 1 saturated carbocycles. The summed E-state index contributed by atoms with van der Waals surface area (Å²) in [6.07, 6.45) is 4.90. The Morgan fingerprint density at radius 2 is 1.94 bits per heavy atom. The fourth-order valence-electron chi connectivity index (χ4n) is 4.32. The second-order valence-electron chi connectivity index (χ2n) is 9.17. The Labute approximate surface area is 202 Å². The molecule has 0 aliphatic heterocycles. The molecular formula is C26H33N3O4S. The van der Waals surface area contributed by atoms with Crippen LogP contribution < -0.4 is 5.32 Å². The summed E-state index contributed by atoms with van der Waals surface area (Å²) in [5.74, 6) is 0.595. The number of carbonyl (C=O) groups is 1. The molecule has 1 aliphatic rings. The number of benzene rings is 1. The molecule has 4 rings (SSSR count). The number of nitrogens with zero attached hydrogens (tertiary/aromatic N) is 2. The minimum atomic E-state index is -2.72. The van der Waals surface area contributed by atoms with Gasteiger partial charge < -0.3 is 9.73 Å². The third-order valence-corrected chi connectivity index (χ3v) is 7.42. The van der Waals surface area contributed by atoms with E-state index in [1.807, 2.05) is 38.1 Å². The van der Waals surface area contributed by atoms with Crippen molar-refractivity contribution in [2.75, 3.05) is 13.6 Å². The van der Waals surface area contributed by atoms with Crippen molar-refractivity contribution in [3.05, 3.63) is 52.2 Å². The second-order valence-corrected chi connectivity index (χ2v) is 10.2. The summed E-state index contributed by atoms with van der Waals surface area (Å²) in [5.41, 5.74) is 5.65. The molecule has 7 nitrogen and oxygen atoms in total. The topological polar surface area (TPSA) is 92.5 Å². The Bertz CT molecular complexity index is 1280. The zero-order valence-electron chi connectivity index (χ0n) is 20.3. The van der Waals surface area contributed by atoms with Crippen LogP contribution in [-0.4, -0.2) is 37.2 Å². The van der Waals surface area contributed by atoms with Crippen LogP contribution in [0.2, 0.25) is 0 Å². The van der Waals surface area contributed by atoms with E-state index >= 15 is 0 Å². The third-order valence-electron chi connectivity index (χ3n) is 6.62. The zero-order chi connectivity index (χ0) is 24.4. The fourth-order valence-corrected chi connectivity index (χ4v) is 4.88. The summed E-state index contributed by atoms with van der Waals surface area (Å²) in [5, 5.41) is 3.40. The molecule has 1 aromatic carbocycles. The van der Waals surface area contributed by atoms with Crippen LogP contribution in [0, 0.1) is 13.8 Å². The molecule has 0 saturated heterocycles. The normalized spacial score (nSPS) is 13.8. The summed E-state index contributed by atoms with van der Waals surface area (Å²) >= 11 is 0. The van der Waals surface area contributed by atoms with Gasteiger partial charge in [-0.3, -0.25) is 4.79 Å². The number of fused-ring (bicyclic) bond motifs is 1. The van der Waals surface area contributed by atoms with Crippen molar-refractivity contribution < 1.29 is 17.6 Å². The Hall–Kier alpha value is -2.71. The van der Waals surface area contributed by atoms with Crippen molar-refractivity contribution in [2.45, 2.75) is 65.3 Å². The molecule has 1 amide bonds. The van der Waals surface area contributed by atoms with Crippen molar-refractivity contribution in [3.63, 3.8) is 0 Å². The van der Waals surface area contributed by atoms with Crippen molar-refractivity contribution in [2.24, 2.45) is 0 Å². The molecule has 1 aliphatic carbocycles. The lowest BCUT2D eigenvalue weighted by molar-refractivity contribution is 0.0964. The van der Waals surface area contributed by atoms with Gasteiger partial charge in [-0.05, 0) is 67.9 Å². The first kappa shape index (κ1) is 24.4. The maximum Gasteiger partial charge on any atom is 0.255 e. The average Bonchev–Trinajstić information content (AvgIpc) is 3.59. The lowest BCUT2D eigenvalue weighted by Crippen LogP contribution is -2.24. The second kappa shape index (κ2) is 10.3. The van der Waals surface area contributed by atoms with Gasteiger partial charge in [-0.15, -0.1) is 0 Å². The molecule has 0 atom stereocenters. The number of hydrogen-bond acceptors (Lipinski definition) is 5. The van der Waals surface area contributed by atoms with Gasteiger partial charge in [0.1, 0.15) is 5.76 Å². The number of hydrogen-bond donors (Lipinski definition) is 2. The van der Waals surface area contributed by atoms with Gasteiger partial charge in [0.25, 0.3) is 5.91 Å². The van der Waals surface area contributed by atoms with E-state index in [4.69, 9.17) is 9.40 Å². The van der Waals surface area contributed by atoms with E-state index in [2.05, 4.69) is 12.2 Å². The van der Waals surface area contributed by atoms with Gasteiger partial charge >= 0.3 is 0 Å². The van der Waals surface area contributed by atoms with E-state index in [-0.39, 0.29) is 12.5 Å². The number of rotatable bonds is 10. The maximum atomic E-state index is 12.9. The monoisotopic (exact) mass is 483 g/mol. The van der Waals surface area contributed by atoms with Gasteiger partial charge in [-0.2, -0.15) is 4.31 Å². The molecule has 1 fully saturated rings. The molecule has 8 heteroatoms. The summed E-state index contributed by atoms with van der Waals surface area (Å²) in [7, 11) is -1.11. The van der Waals surface area contributed by atoms with E-state index in [1.165, 1.54) is 4.31 Å². The number of thiol groups is 1. The summed E-state index contributed by atoms with van der Waals surface area (Å²) < 4.78 is 31.6. The number of pyridine rings is 1. The van der Waals surface area contributed by atoms with Gasteiger partial charge in [-0.25, -0.2) is 13.4 Å². The standard InChI is InChI=1S/C26H33N3O4S/c1-5-6-7-12-29(34(31)32)15-22-20(18-10-11-18)14-21-23(25(30)27-4)24(33-26(21)28-22)19-9-8-16(2)17(3)13-19/h8-9,13-14,18,34H,5-7,10-12,15H2,1-4H3,(H,27,30). The van der Waals surface area contributed by atoms with Gasteiger partial charge in [-0.1, -0.05) is 31.9 Å². The number of furan rings is 1. The quantitative estimate of drug-likeness (QED) is 0.317. The zero-order valence-corrected chi connectivity index (χ0v) is 21.2. The molecule has 1 N–H and O–H groups in total. The molecule has 2 aromatic heterocycles. The van der Waals surface area contributed by atoms with E-state index in [0.717, 1.165) is 60.1 Å². The highest BCUT2D eigenvalue weighted by molar-refractivity contribution is 7.69. The predicted octanol–water partition coefficient (Wildman–Crippen LogP) is 4.87. The van der Waals surface area contributed by atoms with Crippen molar-refractivity contribution in [1.29, 1.82) is 0 Å². The fraction of sp³-hybridized carbons (Fsp3) is 0.462. The van der Waals surface area contributed by atoms with Crippen molar-refractivity contribution >= 4 is 27.9 Å². The molecule has 0 radical (unpaired) electrons. The summed E-state index contributed by atoms with van der Waals surface area (Å²) in [4.78, 5) is 17.7. The summed E-state index contributed by atoms with van der Waals surface area (Å²) in [6.45, 7) is 6.86. The van der Waals surface area contributed by atoms with Gasteiger partial charge in [0.2, 0.25) is 16.6 Å². The van der Waals surface area contributed by atoms with Crippen LogP contribution in [-0.2, 0) is 17.4 Å². The Kier molecular flexibility index (Phi) is 7.38. The van der Waals surface area contributed by atoms with Crippen molar-refractivity contribution in [3.8, 4) is 11.3 Å². The first-order chi connectivity index (χ1) is 16.3. The molecule has 182 valence electrons.